The molecule has 1 N–H and O–H groups in total. The molecule has 130 valence electrons. The fourth-order valence-corrected chi connectivity index (χ4v) is 3.84. The largest absolute Gasteiger partial charge is 0.494 e. The maximum atomic E-state index is 13.6. The van der Waals surface area contributed by atoms with Crippen LogP contribution < -0.4 is 9.46 Å². The van der Waals surface area contributed by atoms with Crippen LogP contribution >= 0.6 is 11.8 Å². The van der Waals surface area contributed by atoms with Gasteiger partial charge in [0.2, 0.25) is 10.0 Å². The van der Waals surface area contributed by atoms with Gasteiger partial charge in [-0.05, 0) is 54.6 Å². The van der Waals surface area contributed by atoms with Crippen LogP contribution in [-0.4, -0.2) is 27.8 Å². The Labute approximate surface area is 144 Å². The second kappa shape index (κ2) is 8.46. The maximum Gasteiger partial charge on any atom is 0.240 e. The molecule has 0 radical (unpaired) electrons. The standard InChI is InChI=1S/C16H17F2NO3S2/c1-22-16-8-7-14(11-15(16)18)24(20,21)19-9-2-10-23-13-5-3-12(17)4-6-13/h3-8,11,19H,2,9-10H2,1H3. The van der Waals surface area contributed by atoms with Gasteiger partial charge in [-0.25, -0.2) is 21.9 Å². The zero-order chi connectivity index (χ0) is 17.6. The van der Waals surface area contributed by atoms with Gasteiger partial charge in [0.05, 0.1) is 12.0 Å². The fourth-order valence-electron chi connectivity index (χ4n) is 1.90. The van der Waals surface area contributed by atoms with Crippen molar-refractivity contribution < 1.29 is 21.9 Å². The lowest BCUT2D eigenvalue weighted by Crippen LogP contribution is -2.25. The smallest absolute Gasteiger partial charge is 0.240 e. The van der Waals surface area contributed by atoms with Gasteiger partial charge in [-0.2, -0.15) is 0 Å². The van der Waals surface area contributed by atoms with Crippen LogP contribution in [0.3, 0.4) is 0 Å². The van der Waals surface area contributed by atoms with Crippen molar-refractivity contribution in [2.75, 3.05) is 19.4 Å². The zero-order valence-corrected chi connectivity index (χ0v) is 14.6. The van der Waals surface area contributed by atoms with Crippen LogP contribution in [0.5, 0.6) is 5.75 Å². The lowest BCUT2D eigenvalue weighted by Gasteiger charge is -2.08. The number of sulfonamides is 1. The Bertz CT molecular complexity index is 780. The van der Waals surface area contributed by atoms with Crippen LogP contribution in [0.1, 0.15) is 6.42 Å². The number of ether oxygens (including phenoxy) is 1. The molecule has 0 fully saturated rings. The molecule has 2 rings (SSSR count). The Morgan fingerprint density at radius 2 is 1.83 bits per heavy atom. The molecule has 0 amide bonds. The van der Waals surface area contributed by atoms with Crippen molar-refractivity contribution in [3.05, 3.63) is 54.1 Å². The van der Waals surface area contributed by atoms with Gasteiger partial charge in [0, 0.05) is 11.4 Å². The lowest BCUT2D eigenvalue weighted by molar-refractivity contribution is 0.385. The highest BCUT2D eigenvalue weighted by atomic mass is 32.2. The van der Waals surface area contributed by atoms with Crippen LogP contribution in [0.4, 0.5) is 8.78 Å². The molecule has 24 heavy (non-hydrogen) atoms. The van der Waals surface area contributed by atoms with Gasteiger partial charge in [0.15, 0.2) is 11.6 Å². The van der Waals surface area contributed by atoms with Crippen LogP contribution in [0, 0.1) is 11.6 Å². The van der Waals surface area contributed by atoms with E-state index in [4.69, 9.17) is 4.74 Å². The van der Waals surface area contributed by atoms with Gasteiger partial charge in [-0.15, -0.1) is 11.8 Å². The van der Waals surface area contributed by atoms with E-state index in [2.05, 4.69) is 4.72 Å². The van der Waals surface area contributed by atoms with Gasteiger partial charge >= 0.3 is 0 Å². The van der Waals surface area contributed by atoms with Crippen LogP contribution in [-0.2, 0) is 10.0 Å². The number of thioether (sulfide) groups is 1. The molecular formula is C16H17F2NO3S2. The first kappa shape index (κ1) is 18.7. The monoisotopic (exact) mass is 373 g/mol. The topological polar surface area (TPSA) is 55.4 Å². The van der Waals surface area contributed by atoms with Gasteiger partial charge in [-0.3, -0.25) is 0 Å². The van der Waals surface area contributed by atoms with E-state index < -0.39 is 15.8 Å². The summed E-state index contributed by atoms with van der Waals surface area (Å²) in [6.07, 6.45) is 0.583. The normalized spacial score (nSPS) is 11.5. The van der Waals surface area contributed by atoms with Gasteiger partial charge in [0.25, 0.3) is 0 Å². The number of halogens is 2. The van der Waals surface area contributed by atoms with Gasteiger partial charge in [0.1, 0.15) is 5.82 Å². The molecule has 0 saturated carbocycles. The number of rotatable bonds is 8. The molecular weight excluding hydrogens is 356 g/mol. The average molecular weight is 373 g/mol. The van der Waals surface area contributed by atoms with Gasteiger partial charge in [-0.1, -0.05) is 0 Å². The third-order valence-corrected chi connectivity index (χ3v) is 5.69. The predicted molar refractivity (Wildman–Crippen MR) is 89.9 cm³/mol. The van der Waals surface area contributed by atoms with Crippen LogP contribution in [0.2, 0.25) is 0 Å². The molecule has 0 bridgehead atoms. The minimum atomic E-state index is -3.76. The number of methoxy groups -OCH3 is 1. The molecule has 0 spiro atoms. The maximum absolute atomic E-state index is 13.6. The van der Waals surface area contributed by atoms with E-state index in [9.17, 15) is 17.2 Å². The van der Waals surface area contributed by atoms with Crippen molar-refractivity contribution >= 4 is 21.8 Å². The summed E-state index contributed by atoms with van der Waals surface area (Å²) in [5.41, 5.74) is 0. The first-order chi connectivity index (χ1) is 11.4. The summed E-state index contributed by atoms with van der Waals surface area (Å²) in [6.45, 7) is 0.226. The Hall–Kier alpha value is -1.64. The summed E-state index contributed by atoms with van der Waals surface area (Å²) in [6, 6.07) is 9.58. The first-order valence-corrected chi connectivity index (χ1v) is 9.61. The molecule has 0 aliphatic carbocycles. The first-order valence-electron chi connectivity index (χ1n) is 7.14. The molecule has 2 aromatic carbocycles. The molecule has 0 heterocycles. The highest BCUT2D eigenvalue weighted by Gasteiger charge is 2.16. The van der Waals surface area contributed by atoms with E-state index in [1.165, 1.54) is 43.1 Å². The molecule has 0 aliphatic heterocycles. The number of nitrogens with one attached hydrogen (secondary N) is 1. The summed E-state index contributed by atoms with van der Waals surface area (Å²) in [7, 11) is -2.45. The Kier molecular flexibility index (Phi) is 6.59. The highest BCUT2D eigenvalue weighted by molar-refractivity contribution is 7.99. The molecule has 0 saturated heterocycles. The highest BCUT2D eigenvalue weighted by Crippen LogP contribution is 2.21. The SMILES string of the molecule is COc1ccc(S(=O)(=O)NCCCSc2ccc(F)cc2)cc1F. The van der Waals surface area contributed by atoms with Crippen LogP contribution in [0.25, 0.3) is 0 Å². The minimum Gasteiger partial charge on any atom is -0.494 e. The van der Waals surface area contributed by atoms with E-state index in [1.807, 2.05) is 0 Å². The Balaban J connectivity index is 1.82. The van der Waals surface area contributed by atoms with Crippen LogP contribution in [0.15, 0.2) is 52.3 Å². The number of hydrogen-bond donors (Lipinski definition) is 1. The molecule has 0 atom stereocenters. The summed E-state index contributed by atoms with van der Waals surface area (Å²) in [5, 5.41) is 0. The third-order valence-electron chi connectivity index (χ3n) is 3.13. The Morgan fingerprint density at radius 3 is 2.46 bits per heavy atom. The average Bonchev–Trinajstić information content (AvgIpc) is 2.56. The molecule has 2 aromatic rings. The van der Waals surface area contributed by atoms with E-state index in [0.29, 0.717) is 12.2 Å². The molecule has 0 aromatic heterocycles. The van der Waals surface area contributed by atoms with Crippen molar-refractivity contribution in [3.8, 4) is 5.75 Å². The van der Waals surface area contributed by atoms with Crippen molar-refractivity contribution in [1.82, 2.24) is 4.72 Å². The van der Waals surface area contributed by atoms with Crippen molar-refractivity contribution in [2.24, 2.45) is 0 Å². The van der Waals surface area contributed by atoms with E-state index in [0.717, 1.165) is 11.0 Å². The van der Waals surface area contributed by atoms with Crippen molar-refractivity contribution in [3.63, 3.8) is 0 Å². The molecule has 4 nitrogen and oxygen atoms in total. The van der Waals surface area contributed by atoms with Gasteiger partial charge < -0.3 is 4.74 Å². The van der Waals surface area contributed by atoms with E-state index in [1.54, 1.807) is 12.1 Å². The number of hydrogen-bond acceptors (Lipinski definition) is 4. The second-order valence-corrected chi connectivity index (χ2v) is 7.79. The summed E-state index contributed by atoms with van der Waals surface area (Å²) in [4.78, 5) is 0.767. The van der Waals surface area contributed by atoms with E-state index >= 15 is 0 Å². The minimum absolute atomic E-state index is 0.00959. The molecule has 0 aliphatic rings. The van der Waals surface area contributed by atoms with Crippen molar-refractivity contribution in [1.29, 1.82) is 0 Å². The lowest BCUT2D eigenvalue weighted by atomic mass is 10.3. The molecule has 0 unspecified atom stereocenters. The quantitative estimate of drug-likeness (QED) is 0.569. The second-order valence-electron chi connectivity index (χ2n) is 4.85. The Morgan fingerprint density at radius 1 is 1.12 bits per heavy atom. The number of benzene rings is 2. The summed E-state index contributed by atoms with van der Waals surface area (Å²) in [5.74, 6) is -0.360. The fraction of sp³-hybridized carbons (Fsp3) is 0.250. The van der Waals surface area contributed by atoms with E-state index in [-0.39, 0.29) is 23.0 Å². The summed E-state index contributed by atoms with van der Waals surface area (Å²) < 4.78 is 57.7. The zero-order valence-electron chi connectivity index (χ0n) is 13.0. The molecule has 8 heteroatoms. The van der Waals surface area contributed by atoms with Crippen molar-refractivity contribution in [2.45, 2.75) is 16.2 Å². The third kappa shape index (κ3) is 5.19. The predicted octanol–water partition coefficient (Wildman–Crippen LogP) is 3.43. The summed E-state index contributed by atoms with van der Waals surface area (Å²) >= 11 is 1.50.